The number of methoxy groups -OCH3 is 1. The quantitative estimate of drug-likeness (QED) is 0.624. The summed E-state index contributed by atoms with van der Waals surface area (Å²) in [5.41, 5.74) is 0. The zero-order valence-corrected chi connectivity index (χ0v) is 13.7. The summed E-state index contributed by atoms with van der Waals surface area (Å²) in [5.74, 6) is 0.771. The molecule has 0 saturated carbocycles. The minimum Gasteiger partial charge on any atom is -0.382 e. The first-order valence-corrected chi connectivity index (χ1v) is 8.30. The van der Waals surface area contributed by atoms with E-state index in [9.17, 15) is 0 Å². The minimum atomic E-state index is 0.667. The second-order valence-corrected chi connectivity index (χ2v) is 5.91. The molecule has 0 radical (unpaired) electrons. The maximum atomic E-state index is 5.51. The van der Waals surface area contributed by atoms with Crippen molar-refractivity contribution in [3.63, 3.8) is 0 Å². The van der Waals surface area contributed by atoms with Crippen molar-refractivity contribution in [3.05, 3.63) is 0 Å². The molecule has 0 bridgehead atoms. The zero-order chi connectivity index (χ0) is 14.6. The average molecular weight is 286 g/mol. The van der Waals surface area contributed by atoms with Gasteiger partial charge in [-0.25, -0.2) is 0 Å². The third-order valence-electron chi connectivity index (χ3n) is 4.29. The molecule has 0 aliphatic carbocycles. The Morgan fingerprint density at radius 1 is 1.25 bits per heavy atom. The molecule has 1 aliphatic rings. The highest BCUT2D eigenvalue weighted by Crippen LogP contribution is 2.12. The minimum absolute atomic E-state index is 0.667. The van der Waals surface area contributed by atoms with Crippen molar-refractivity contribution in [1.82, 2.24) is 10.2 Å². The van der Waals surface area contributed by atoms with Gasteiger partial charge in [-0.2, -0.15) is 0 Å². The van der Waals surface area contributed by atoms with Gasteiger partial charge in [0.15, 0.2) is 0 Å². The molecule has 1 rings (SSSR count). The van der Waals surface area contributed by atoms with Crippen LogP contribution in [-0.2, 0) is 9.47 Å². The molecule has 1 fully saturated rings. The third kappa shape index (κ3) is 7.58. The Labute approximate surface area is 125 Å². The highest BCUT2D eigenvalue weighted by molar-refractivity contribution is 4.80. The molecule has 0 aromatic rings. The topological polar surface area (TPSA) is 33.7 Å². The number of hydrogen-bond acceptors (Lipinski definition) is 4. The van der Waals surface area contributed by atoms with Crippen LogP contribution >= 0.6 is 0 Å². The molecule has 4 nitrogen and oxygen atoms in total. The second-order valence-electron chi connectivity index (χ2n) is 5.91. The van der Waals surface area contributed by atoms with Crippen molar-refractivity contribution in [2.75, 3.05) is 53.1 Å². The first-order valence-electron chi connectivity index (χ1n) is 8.30. The summed E-state index contributed by atoms with van der Waals surface area (Å²) < 4.78 is 10.5. The Kier molecular flexibility index (Phi) is 10.3. The van der Waals surface area contributed by atoms with Gasteiger partial charge in [0, 0.05) is 26.3 Å². The molecule has 0 amide bonds. The van der Waals surface area contributed by atoms with Crippen molar-refractivity contribution in [2.24, 2.45) is 5.92 Å². The number of nitrogens with zero attached hydrogens (tertiary/aromatic N) is 1. The van der Waals surface area contributed by atoms with Crippen molar-refractivity contribution in [1.29, 1.82) is 0 Å². The lowest BCUT2D eigenvalue weighted by molar-refractivity contribution is 0.0675. The number of rotatable bonds is 10. The van der Waals surface area contributed by atoms with Gasteiger partial charge in [0.25, 0.3) is 0 Å². The molecule has 0 aromatic carbocycles. The third-order valence-corrected chi connectivity index (χ3v) is 4.29. The van der Waals surface area contributed by atoms with Gasteiger partial charge < -0.3 is 19.7 Å². The van der Waals surface area contributed by atoms with Crippen LogP contribution < -0.4 is 5.32 Å². The monoisotopic (exact) mass is 286 g/mol. The molecule has 0 spiro atoms. The van der Waals surface area contributed by atoms with Crippen LogP contribution in [0.25, 0.3) is 0 Å². The van der Waals surface area contributed by atoms with Crippen LogP contribution in [-0.4, -0.2) is 64.1 Å². The van der Waals surface area contributed by atoms with Crippen LogP contribution in [0.15, 0.2) is 0 Å². The lowest BCUT2D eigenvalue weighted by Crippen LogP contribution is -2.42. The Hall–Kier alpha value is -0.160. The van der Waals surface area contributed by atoms with Gasteiger partial charge in [-0.15, -0.1) is 0 Å². The summed E-state index contributed by atoms with van der Waals surface area (Å²) in [6, 6.07) is 0.667. The predicted octanol–water partition coefficient (Wildman–Crippen LogP) is 2.14. The molecule has 2 atom stereocenters. The van der Waals surface area contributed by atoms with Gasteiger partial charge in [-0.1, -0.05) is 20.3 Å². The molecular weight excluding hydrogens is 252 g/mol. The molecular formula is C16H34N2O2. The van der Waals surface area contributed by atoms with E-state index in [2.05, 4.69) is 24.1 Å². The van der Waals surface area contributed by atoms with E-state index in [1.807, 2.05) is 0 Å². The highest BCUT2D eigenvalue weighted by atomic mass is 16.5. The Bertz CT molecular complexity index is 227. The molecule has 4 heteroatoms. The van der Waals surface area contributed by atoms with Crippen molar-refractivity contribution in [2.45, 2.75) is 45.6 Å². The fourth-order valence-corrected chi connectivity index (χ4v) is 2.68. The van der Waals surface area contributed by atoms with Crippen LogP contribution in [0.5, 0.6) is 0 Å². The summed E-state index contributed by atoms with van der Waals surface area (Å²) in [5, 5.41) is 3.71. The van der Waals surface area contributed by atoms with E-state index in [4.69, 9.17) is 9.47 Å². The predicted molar refractivity (Wildman–Crippen MR) is 84.2 cm³/mol. The van der Waals surface area contributed by atoms with E-state index in [-0.39, 0.29) is 0 Å². The van der Waals surface area contributed by atoms with Gasteiger partial charge in [0.05, 0.1) is 13.2 Å². The van der Waals surface area contributed by atoms with E-state index < -0.39 is 0 Å². The van der Waals surface area contributed by atoms with Gasteiger partial charge in [0.1, 0.15) is 0 Å². The maximum Gasteiger partial charge on any atom is 0.0700 e. The highest BCUT2D eigenvalue weighted by Gasteiger charge is 2.21. The van der Waals surface area contributed by atoms with E-state index in [0.717, 1.165) is 25.6 Å². The molecule has 0 aromatic heterocycles. The van der Waals surface area contributed by atoms with Crippen LogP contribution in [0.1, 0.15) is 39.5 Å². The van der Waals surface area contributed by atoms with E-state index >= 15 is 0 Å². The Balaban J connectivity index is 2.11. The summed E-state index contributed by atoms with van der Waals surface area (Å²) >= 11 is 0. The number of ether oxygens (including phenoxy) is 2. The fourth-order valence-electron chi connectivity index (χ4n) is 2.68. The first kappa shape index (κ1) is 17.9. The number of unbranched alkanes of at least 4 members (excludes halogenated alkanes) is 1. The second kappa shape index (κ2) is 11.5. The lowest BCUT2D eigenvalue weighted by Gasteiger charge is -2.28. The zero-order valence-electron chi connectivity index (χ0n) is 13.7. The molecule has 120 valence electrons. The maximum absolute atomic E-state index is 5.51. The van der Waals surface area contributed by atoms with Crippen LogP contribution in [0.2, 0.25) is 0 Å². The van der Waals surface area contributed by atoms with Gasteiger partial charge >= 0.3 is 0 Å². The molecule has 1 N–H and O–H groups in total. The van der Waals surface area contributed by atoms with E-state index in [1.165, 1.54) is 45.4 Å². The van der Waals surface area contributed by atoms with Gasteiger partial charge in [0.2, 0.25) is 0 Å². The average Bonchev–Trinajstić information content (AvgIpc) is 2.71. The van der Waals surface area contributed by atoms with Gasteiger partial charge in [-0.3, -0.25) is 0 Å². The van der Waals surface area contributed by atoms with Crippen molar-refractivity contribution in [3.8, 4) is 0 Å². The summed E-state index contributed by atoms with van der Waals surface area (Å²) in [4.78, 5) is 2.63. The Morgan fingerprint density at radius 2 is 2.10 bits per heavy atom. The molecule has 1 heterocycles. The van der Waals surface area contributed by atoms with E-state index in [0.29, 0.717) is 12.6 Å². The summed E-state index contributed by atoms with van der Waals surface area (Å²) in [6.45, 7) is 11.8. The smallest absolute Gasteiger partial charge is 0.0700 e. The molecule has 20 heavy (non-hydrogen) atoms. The summed E-state index contributed by atoms with van der Waals surface area (Å²) in [7, 11) is 1.71. The van der Waals surface area contributed by atoms with Crippen LogP contribution in [0.4, 0.5) is 0 Å². The largest absolute Gasteiger partial charge is 0.382 e. The van der Waals surface area contributed by atoms with Crippen LogP contribution in [0, 0.1) is 5.92 Å². The van der Waals surface area contributed by atoms with Crippen molar-refractivity contribution < 1.29 is 9.47 Å². The lowest BCUT2D eigenvalue weighted by atomic mass is 9.99. The molecule has 1 saturated heterocycles. The fraction of sp³-hybridized carbons (Fsp3) is 1.00. The number of hydrogen-bond donors (Lipinski definition) is 1. The van der Waals surface area contributed by atoms with Crippen molar-refractivity contribution >= 4 is 0 Å². The summed E-state index contributed by atoms with van der Waals surface area (Å²) in [6.07, 6.45) is 4.93. The molecule has 1 aliphatic heterocycles. The van der Waals surface area contributed by atoms with Crippen LogP contribution in [0.3, 0.4) is 0 Å². The normalized spacial score (nSPS) is 22.6. The SMILES string of the molecule is CCC(C)C1CN(CCCCOCCOC)CCCN1. The first-order chi connectivity index (χ1) is 9.77. The number of nitrogens with one attached hydrogen (secondary N) is 1. The Morgan fingerprint density at radius 3 is 2.85 bits per heavy atom. The molecule has 2 unspecified atom stereocenters. The van der Waals surface area contributed by atoms with E-state index in [1.54, 1.807) is 7.11 Å². The standard InChI is InChI=1S/C16H34N2O2/c1-4-15(2)16-14-18(10-7-8-17-16)9-5-6-11-20-13-12-19-3/h15-17H,4-14H2,1-3H3. The van der Waals surface area contributed by atoms with Gasteiger partial charge in [-0.05, 0) is 44.8 Å².